The second-order valence-electron chi connectivity index (χ2n) is 7.45. The van der Waals surface area contributed by atoms with Crippen LogP contribution >= 0.6 is 0 Å². The number of sulfone groups is 1. The van der Waals surface area contributed by atoms with Gasteiger partial charge < -0.3 is 15.5 Å². The molecule has 1 aromatic rings. The Bertz CT molecular complexity index is 772. The van der Waals surface area contributed by atoms with Crippen molar-refractivity contribution < 1.29 is 13.2 Å². The quantitative estimate of drug-likeness (QED) is 0.494. The number of nitrogens with one attached hydrogen (secondary N) is 2. The van der Waals surface area contributed by atoms with E-state index < -0.39 is 9.84 Å². The van der Waals surface area contributed by atoms with Crippen LogP contribution in [0.4, 0.5) is 0 Å². The topological polar surface area (TPSA) is 90.9 Å². The van der Waals surface area contributed by atoms with E-state index in [-0.39, 0.29) is 17.7 Å². The largest absolute Gasteiger partial charge is 0.359 e. The maximum absolute atomic E-state index is 12.8. The molecule has 29 heavy (non-hydrogen) atoms. The Morgan fingerprint density at radius 1 is 1.21 bits per heavy atom. The fourth-order valence-corrected chi connectivity index (χ4v) is 5.15. The van der Waals surface area contributed by atoms with Gasteiger partial charge >= 0.3 is 0 Å². The van der Waals surface area contributed by atoms with Crippen molar-refractivity contribution in [2.75, 3.05) is 32.4 Å². The first-order valence-electron chi connectivity index (χ1n) is 10.4. The van der Waals surface area contributed by atoms with Crippen LogP contribution in [0.15, 0.2) is 40.2 Å². The zero-order valence-electron chi connectivity index (χ0n) is 17.7. The molecule has 8 heteroatoms. The van der Waals surface area contributed by atoms with Crippen molar-refractivity contribution in [3.63, 3.8) is 0 Å². The Kier molecular flexibility index (Phi) is 8.95. The molecule has 1 fully saturated rings. The average Bonchev–Trinajstić information content (AvgIpc) is 2.73. The maximum atomic E-state index is 12.8. The minimum Gasteiger partial charge on any atom is -0.359 e. The van der Waals surface area contributed by atoms with Crippen LogP contribution in [-0.4, -0.2) is 63.7 Å². The van der Waals surface area contributed by atoms with E-state index in [0.717, 1.165) is 31.9 Å². The standard InChI is InChI=1S/C21H34N4O3S/c1-4-18(16-29(27,28)19-9-7-6-8-10-19)24-21(23-5-2)25-13-11-17(12-14-25)15-20(26)22-3/h6-10,17-18H,4-5,11-16H2,1-3H3,(H,22,26)(H,23,24). The van der Waals surface area contributed by atoms with E-state index in [2.05, 4.69) is 20.5 Å². The van der Waals surface area contributed by atoms with Crippen molar-refractivity contribution in [2.45, 2.75) is 50.5 Å². The van der Waals surface area contributed by atoms with Gasteiger partial charge in [-0.25, -0.2) is 8.42 Å². The van der Waals surface area contributed by atoms with E-state index in [9.17, 15) is 13.2 Å². The van der Waals surface area contributed by atoms with Crippen LogP contribution in [0.25, 0.3) is 0 Å². The number of nitrogens with zero attached hydrogens (tertiary/aromatic N) is 2. The van der Waals surface area contributed by atoms with E-state index in [4.69, 9.17) is 0 Å². The zero-order valence-corrected chi connectivity index (χ0v) is 18.5. The lowest BCUT2D eigenvalue weighted by Crippen LogP contribution is -2.50. The minimum absolute atomic E-state index is 0.0311. The number of hydrogen-bond donors (Lipinski definition) is 2. The molecular weight excluding hydrogens is 388 g/mol. The molecule has 1 atom stereocenters. The highest BCUT2D eigenvalue weighted by Crippen LogP contribution is 2.21. The van der Waals surface area contributed by atoms with Gasteiger partial charge in [0.25, 0.3) is 0 Å². The first-order chi connectivity index (χ1) is 13.9. The molecule has 1 heterocycles. The number of hydrogen-bond acceptors (Lipinski definition) is 4. The highest BCUT2D eigenvalue weighted by Gasteiger charge is 2.26. The summed E-state index contributed by atoms with van der Waals surface area (Å²) in [5.74, 6) is 1.26. The van der Waals surface area contributed by atoms with E-state index >= 15 is 0 Å². The zero-order chi connectivity index (χ0) is 21.3. The van der Waals surface area contributed by atoms with Crippen molar-refractivity contribution in [2.24, 2.45) is 10.9 Å². The van der Waals surface area contributed by atoms with E-state index in [1.807, 2.05) is 19.9 Å². The smallest absolute Gasteiger partial charge is 0.220 e. The van der Waals surface area contributed by atoms with Gasteiger partial charge in [-0.05, 0) is 44.2 Å². The summed E-state index contributed by atoms with van der Waals surface area (Å²) in [6.07, 6.45) is 3.10. The average molecular weight is 423 g/mol. The maximum Gasteiger partial charge on any atom is 0.220 e. The number of carbonyl (C=O) groups is 1. The second kappa shape index (κ2) is 11.2. The Morgan fingerprint density at radius 3 is 2.41 bits per heavy atom. The molecule has 0 spiro atoms. The number of likely N-dealkylation sites (tertiary alicyclic amines) is 1. The molecule has 1 amide bonds. The molecule has 1 unspecified atom stereocenters. The molecule has 1 aliphatic heterocycles. The van der Waals surface area contributed by atoms with Crippen LogP contribution in [0.3, 0.4) is 0 Å². The summed E-state index contributed by atoms with van der Waals surface area (Å²) in [7, 11) is -1.70. The molecule has 2 rings (SSSR count). The highest BCUT2D eigenvalue weighted by atomic mass is 32.2. The summed E-state index contributed by atoms with van der Waals surface area (Å²) in [4.78, 5) is 18.7. The fourth-order valence-electron chi connectivity index (χ4n) is 3.53. The van der Waals surface area contributed by atoms with Gasteiger partial charge in [-0.15, -0.1) is 0 Å². The number of guanidine groups is 1. The van der Waals surface area contributed by atoms with Crippen molar-refractivity contribution >= 4 is 21.7 Å². The number of carbonyl (C=O) groups excluding carboxylic acids is 1. The third-order valence-electron chi connectivity index (χ3n) is 5.32. The third kappa shape index (κ3) is 7.03. The lowest BCUT2D eigenvalue weighted by molar-refractivity contribution is -0.121. The van der Waals surface area contributed by atoms with Gasteiger partial charge in [0.1, 0.15) is 0 Å². The summed E-state index contributed by atoms with van der Waals surface area (Å²) < 4.78 is 25.5. The van der Waals surface area contributed by atoms with Crippen molar-refractivity contribution in [3.05, 3.63) is 30.3 Å². The van der Waals surface area contributed by atoms with E-state index in [1.165, 1.54) is 0 Å². The SMILES string of the molecule is CCN=C(NC(CC)CS(=O)(=O)c1ccccc1)N1CCC(CC(=O)NC)CC1. The third-order valence-corrected chi connectivity index (χ3v) is 7.16. The van der Waals surface area contributed by atoms with E-state index in [1.54, 1.807) is 31.3 Å². The summed E-state index contributed by atoms with van der Waals surface area (Å²) in [5, 5.41) is 6.07. The van der Waals surface area contributed by atoms with Crippen LogP contribution in [-0.2, 0) is 14.6 Å². The molecule has 1 aromatic carbocycles. The number of aliphatic imine (C=N–C) groups is 1. The Balaban J connectivity index is 2.00. The number of rotatable bonds is 8. The number of benzene rings is 1. The molecule has 7 nitrogen and oxygen atoms in total. The molecule has 0 aliphatic carbocycles. The highest BCUT2D eigenvalue weighted by molar-refractivity contribution is 7.91. The van der Waals surface area contributed by atoms with Crippen molar-refractivity contribution in [1.29, 1.82) is 0 Å². The Morgan fingerprint density at radius 2 is 1.86 bits per heavy atom. The van der Waals surface area contributed by atoms with Gasteiger partial charge in [0, 0.05) is 39.1 Å². The molecule has 1 saturated heterocycles. The predicted molar refractivity (Wildman–Crippen MR) is 117 cm³/mol. The molecule has 162 valence electrons. The monoisotopic (exact) mass is 422 g/mol. The van der Waals surface area contributed by atoms with Gasteiger partial charge in [-0.1, -0.05) is 25.1 Å². The van der Waals surface area contributed by atoms with Crippen LogP contribution < -0.4 is 10.6 Å². The van der Waals surface area contributed by atoms with Gasteiger partial charge in [0.2, 0.25) is 5.91 Å². The Labute approximate surface area is 174 Å². The lowest BCUT2D eigenvalue weighted by atomic mass is 9.93. The summed E-state index contributed by atoms with van der Waals surface area (Å²) in [5.41, 5.74) is 0. The molecule has 1 aliphatic rings. The Hall–Kier alpha value is -2.09. The molecular formula is C21H34N4O3S. The van der Waals surface area contributed by atoms with Crippen LogP contribution in [0, 0.1) is 5.92 Å². The predicted octanol–water partition coefficient (Wildman–Crippen LogP) is 2.05. The molecule has 0 aromatic heterocycles. The molecule has 0 saturated carbocycles. The van der Waals surface area contributed by atoms with Gasteiger partial charge in [-0.3, -0.25) is 9.79 Å². The molecule has 0 radical (unpaired) electrons. The van der Waals surface area contributed by atoms with Gasteiger partial charge in [-0.2, -0.15) is 0 Å². The lowest BCUT2D eigenvalue weighted by Gasteiger charge is -2.35. The van der Waals surface area contributed by atoms with Crippen LogP contribution in [0.5, 0.6) is 0 Å². The number of amides is 1. The second-order valence-corrected chi connectivity index (χ2v) is 9.48. The normalized spacial score (nSPS) is 17.1. The first kappa shape index (κ1) is 23.2. The van der Waals surface area contributed by atoms with Crippen molar-refractivity contribution in [3.8, 4) is 0 Å². The van der Waals surface area contributed by atoms with Gasteiger partial charge in [0.15, 0.2) is 15.8 Å². The number of piperidine rings is 1. The van der Waals surface area contributed by atoms with Crippen molar-refractivity contribution in [1.82, 2.24) is 15.5 Å². The van der Waals surface area contributed by atoms with Gasteiger partial charge in [0.05, 0.1) is 10.6 Å². The summed E-state index contributed by atoms with van der Waals surface area (Å²) in [6, 6.07) is 8.37. The summed E-state index contributed by atoms with van der Waals surface area (Å²) in [6.45, 7) is 6.21. The fraction of sp³-hybridized carbons (Fsp3) is 0.619. The first-order valence-corrected chi connectivity index (χ1v) is 12.1. The van der Waals surface area contributed by atoms with Crippen LogP contribution in [0.1, 0.15) is 39.5 Å². The molecule has 2 N–H and O–H groups in total. The van der Waals surface area contributed by atoms with Crippen LogP contribution in [0.2, 0.25) is 0 Å². The van der Waals surface area contributed by atoms with E-state index in [0.29, 0.717) is 30.2 Å². The minimum atomic E-state index is -3.37. The summed E-state index contributed by atoms with van der Waals surface area (Å²) >= 11 is 0. The molecule has 0 bridgehead atoms.